The summed E-state index contributed by atoms with van der Waals surface area (Å²) < 4.78 is 28.4. The molecule has 0 spiro atoms. The Balaban J connectivity index is 1.46. The maximum absolute atomic E-state index is 13.0. The van der Waals surface area contributed by atoms with Crippen LogP contribution in [0.2, 0.25) is 5.02 Å². The lowest BCUT2D eigenvalue weighted by Crippen LogP contribution is -2.16. The van der Waals surface area contributed by atoms with Crippen LogP contribution in [0.3, 0.4) is 0 Å². The highest BCUT2D eigenvalue weighted by Crippen LogP contribution is 2.25. The fourth-order valence-electron chi connectivity index (χ4n) is 3.34. The zero-order valence-corrected chi connectivity index (χ0v) is 21.0. The van der Waals surface area contributed by atoms with E-state index in [1.165, 1.54) is 48.5 Å². The van der Waals surface area contributed by atoms with Crippen molar-refractivity contribution in [1.29, 1.82) is 0 Å². The molecule has 0 aliphatic carbocycles. The van der Waals surface area contributed by atoms with Crippen molar-refractivity contribution in [3.8, 4) is 0 Å². The molecule has 4 aromatic rings. The van der Waals surface area contributed by atoms with Crippen LogP contribution in [0.15, 0.2) is 102 Å². The van der Waals surface area contributed by atoms with Crippen LogP contribution < -0.4 is 15.4 Å². The Hall–Kier alpha value is -4.74. The molecule has 0 heterocycles. The molecule has 0 aliphatic rings. The number of rotatable bonds is 8. The quantitative estimate of drug-likeness (QED) is 0.193. The summed E-state index contributed by atoms with van der Waals surface area (Å²) in [5.41, 5.74) is 1.20. The molecule has 4 aromatic carbocycles. The van der Waals surface area contributed by atoms with Gasteiger partial charge in [0.1, 0.15) is 0 Å². The maximum atomic E-state index is 13.0. The fourth-order valence-corrected chi connectivity index (χ4v) is 4.63. The van der Waals surface area contributed by atoms with Crippen LogP contribution in [0.1, 0.15) is 20.7 Å². The lowest BCUT2D eigenvalue weighted by atomic mass is 10.2. The number of anilines is 3. The Morgan fingerprint density at radius 2 is 1.29 bits per heavy atom. The van der Waals surface area contributed by atoms with Gasteiger partial charge in [-0.25, -0.2) is 8.42 Å². The van der Waals surface area contributed by atoms with Crippen LogP contribution in [-0.2, 0) is 10.0 Å². The molecular formula is C26H19ClN4O6S. The maximum Gasteiger partial charge on any atom is 0.269 e. The van der Waals surface area contributed by atoms with Crippen molar-refractivity contribution in [3.05, 3.63) is 123 Å². The zero-order valence-electron chi connectivity index (χ0n) is 19.4. The van der Waals surface area contributed by atoms with Gasteiger partial charge in [0.25, 0.3) is 27.5 Å². The number of amides is 2. The molecule has 0 saturated heterocycles. The fraction of sp³-hybridized carbons (Fsp3) is 0. The van der Waals surface area contributed by atoms with Crippen molar-refractivity contribution in [1.82, 2.24) is 0 Å². The Bertz CT molecular complexity index is 1610. The van der Waals surface area contributed by atoms with Crippen LogP contribution in [0.25, 0.3) is 0 Å². The van der Waals surface area contributed by atoms with E-state index in [2.05, 4.69) is 15.4 Å². The van der Waals surface area contributed by atoms with E-state index in [-0.39, 0.29) is 38.5 Å². The van der Waals surface area contributed by atoms with Crippen molar-refractivity contribution in [2.24, 2.45) is 0 Å². The number of carbonyl (C=O) groups excluding carboxylic acids is 2. The molecule has 4 rings (SSSR count). The minimum Gasteiger partial charge on any atom is -0.322 e. The third-order valence-electron chi connectivity index (χ3n) is 5.26. The van der Waals surface area contributed by atoms with E-state index in [1.807, 2.05) is 0 Å². The Morgan fingerprint density at radius 1 is 0.737 bits per heavy atom. The second-order valence-corrected chi connectivity index (χ2v) is 9.99. The number of nitro benzene ring substituents is 1. The molecule has 0 aromatic heterocycles. The molecule has 3 N–H and O–H groups in total. The molecule has 0 saturated carbocycles. The Kier molecular flexibility index (Phi) is 7.70. The number of benzene rings is 4. The molecule has 10 nitrogen and oxygen atoms in total. The van der Waals surface area contributed by atoms with Crippen LogP contribution in [-0.4, -0.2) is 25.2 Å². The number of nitrogens with zero attached hydrogens (tertiary/aromatic N) is 1. The first kappa shape index (κ1) is 26.3. The van der Waals surface area contributed by atoms with Gasteiger partial charge in [-0.3, -0.25) is 24.4 Å². The average Bonchev–Trinajstić information content (AvgIpc) is 2.90. The van der Waals surface area contributed by atoms with Crippen molar-refractivity contribution in [3.63, 3.8) is 0 Å². The van der Waals surface area contributed by atoms with E-state index < -0.39 is 20.9 Å². The monoisotopic (exact) mass is 550 g/mol. The van der Waals surface area contributed by atoms with Crippen molar-refractivity contribution in [2.75, 3.05) is 15.4 Å². The molecule has 0 atom stereocenters. The number of halogens is 1. The van der Waals surface area contributed by atoms with E-state index >= 15 is 0 Å². The van der Waals surface area contributed by atoms with Gasteiger partial charge in [-0.2, -0.15) is 0 Å². The predicted molar refractivity (Wildman–Crippen MR) is 144 cm³/mol. The van der Waals surface area contributed by atoms with Gasteiger partial charge in [-0.1, -0.05) is 29.8 Å². The lowest BCUT2D eigenvalue weighted by Gasteiger charge is -2.12. The van der Waals surface area contributed by atoms with Gasteiger partial charge < -0.3 is 10.6 Å². The topological polar surface area (TPSA) is 148 Å². The highest BCUT2D eigenvalue weighted by Gasteiger charge is 2.20. The number of nitro groups is 1. The van der Waals surface area contributed by atoms with E-state index in [4.69, 9.17) is 11.6 Å². The highest BCUT2D eigenvalue weighted by molar-refractivity contribution is 7.92. The standard InChI is InChI=1S/C26H19ClN4O6S/c27-24-15-14-22(16-23(24)26(33)29-19-10-12-21(13-11-19)31(34)35)38(36,37)30-20-8-6-18(7-9-20)28-25(32)17-4-2-1-3-5-17/h1-16,30H,(H,28,32)(H,29,33). The summed E-state index contributed by atoms with van der Waals surface area (Å²) in [5.74, 6) is -1.00. The van der Waals surface area contributed by atoms with Gasteiger partial charge in [0.15, 0.2) is 0 Å². The van der Waals surface area contributed by atoms with Crippen LogP contribution in [0.5, 0.6) is 0 Å². The third-order valence-corrected chi connectivity index (χ3v) is 6.97. The largest absolute Gasteiger partial charge is 0.322 e. The second-order valence-electron chi connectivity index (χ2n) is 7.90. The number of carbonyl (C=O) groups is 2. The summed E-state index contributed by atoms with van der Waals surface area (Å²) in [4.78, 5) is 35.0. The third kappa shape index (κ3) is 6.33. The summed E-state index contributed by atoms with van der Waals surface area (Å²) in [7, 11) is -4.10. The summed E-state index contributed by atoms with van der Waals surface area (Å²) in [5, 5.41) is 16.1. The summed E-state index contributed by atoms with van der Waals surface area (Å²) >= 11 is 6.14. The number of nitrogens with one attached hydrogen (secondary N) is 3. The van der Waals surface area contributed by atoms with Crippen molar-refractivity contribution < 1.29 is 22.9 Å². The van der Waals surface area contributed by atoms with Gasteiger partial charge in [0.2, 0.25) is 0 Å². The van der Waals surface area contributed by atoms with E-state index in [0.29, 0.717) is 11.3 Å². The van der Waals surface area contributed by atoms with E-state index in [0.717, 1.165) is 6.07 Å². The second kappa shape index (κ2) is 11.1. The van der Waals surface area contributed by atoms with Gasteiger partial charge >= 0.3 is 0 Å². The van der Waals surface area contributed by atoms with Gasteiger partial charge in [0, 0.05) is 34.8 Å². The first-order valence-corrected chi connectivity index (χ1v) is 12.8. The van der Waals surface area contributed by atoms with Gasteiger partial charge in [-0.15, -0.1) is 0 Å². The molecule has 12 heteroatoms. The first-order chi connectivity index (χ1) is 18.1. The SMILES string of the molecule is O=C(Nc1ccc(NS(=O)(=O)c2ccc(Cl)c(C(=O)Nc3ccc([N+](=O)[O-])cc3)c2)cc1)c1ccccc1. The first-order valence-electron chi connectivity index (χ1n) is 11.0. The molecule has 2 amide bonds. The molecule has 0 aliphatic heterocycles. The van der Waals surface area contributed by atoms with Crippen LogP contribution in [0.4, 0.5) is 22.7 Å². The summed E-state index contributed by atoms with van der Waals surface area (Å²) in [6, 6.07) is 23.5. The zero-order chi connectivity index (χ0) is 27.3. The van der Waals surface area contributed by atoms with E-state index in [1.54, 1.807) is 42.5 Å². The summed E-state index contributed by atoms with van der Waals surface area (Å²) in [6.07, 6.45) is 0. The Morgan fingerprint density at radius 3 is 1.89 bits per heavy atom. The molecule has 0 unspecified atom stereocenters. The molecule has 0 fully saturated rings. The molecule has 0 bridgehead atoms. The lowest BCUT2D eigenvalue weighted by molar-refractivity contribution is -0.384. The number of hydrogen-bond donors (Lipinski definition) is 3. The molecule has 38 heavy (non-hydrogen) atoms. The van der Waals surface area contributed by atoms with Gasteiger partial charge in [-0.05, 0) is 66.7 Å². The minimum atomic E-state index is -4.10. The van der Waals surface area contributed by atoms with Crippen molar-refractivity contribution in [2.45, 2.75) is 4.90 Å². The number of non-ortho nitro benzene ring substituents is 1. The molecule has 192 valence electrons. The summed E-state index contributed by atoms with van der Waals surface area (Å²) in [6.45, 7) is 0. The van der Waals surface area contributed by atoms with E-state index in [9.17, 15) is 28.1 Å². The smallest absolute Gasteiger partial charge is 0.269 e. The Labute approximate surface area is 222 Å². The average molecular weight is 551 g/mol. The number of hydrogen-bond acceptors (Lipinski definition) is 6. The van der Waals surface area contributed by atoms with Gasteiger partial charge in [0.05, 0.1) is 20.4 Å². The van der Waals surface area contributed by atoms with Crippen LogP contribution >= 0.6 is 11.6 Å². The van der Waals surface area contributed by atoms with Crippen molar-refractivity contribution >= 4 is 56.2 Å². The molecule has 0 radical (unpaired) electrons. The van der Waals surface area contributed by atoms with Crippen LogP contribution in [0, 0.1) is 10.1 Å². The number of sulfonamides is 1. The minimum absolute atomic E-state index is 0.0156. The predicted octanol–water partition coefficient (Wildman–Crippen LogP) is 5.55. The highest BCUT2D eigenvalue weighted by atomic mass is 35.5. The molecular weight excluding hydrogens is 532 g/mol. The normalized spacial score (nSPS) is 10.9.